The Morgan fingerprint density at radius 2 is 1.25 bits per heavy atom. The summed E-state index contributed by atoms with van der Waals surface area (Å²) >= 11 is 6.39. The molecule has 0 heterocycles. The average molecular weight is 384 g/mol. The van der Waals surface area contributed by atoms with Gasteiger partial charge in [-0.25, -0.2) is 0 Å². The molecule has 0 bridgehead atoms. The smallest absolute Gasteiger partial charge is 0.0490 e. The van der Waals surface area contributed by atoms with E-state index in [0.717, 1.165) is 10.4 Å². The number of benzene rings is 4. The number of rotatable bonds is 0. The summed E-state index contributed by atoms with van der Waals surface area (Å²) in [6, 6.07) is 23.3. The van der Waals surface area contributed by atoms with Crippen LogP contribution in [0.25, 0.3) is 32.3 Å². The normalized spacial score (nSPS) is 10.8. The van der Waals surface area contributed by atoms with Crippen LogP contribution >= 0.6 is 11.6 Å². The molecule has 0 aliphatic rings. The molecule has 0 spiro atoms. The molecule has 4 aromatic carbocycles. The van der Waals surface area contributed by atoms with Crippen LogP contribution in [0.1, 0.15) is 0 Å². The van der Waals surface area contributed by atoms with Crippen molar-refractivity contribution >= 4 is 68.3 Å². The van der Waals surface area contributed by atoms with Crippen molar-refractivity contribution in [1.29, 1.82) is 0 Å². The average Bonchev–Trinajstić information content (AvgIpc) is 2.45. The molecule has 95 valence electrons. The van der Waals surface area contributed by atoms with Crippen molar-refractivity contribution in [3.63, 3.8) is 0 Å². The van der Waals surface area contributed by atoms with Gasteiger partial charge in [0.2, 0.25) is 0 Å². The van der Waals surface area contributed by atoms with Crippen LogP contribution in [0.15, 0.2) is 66.7 Å². The minimum absolute atomic E-state index is 0. The van der Waals surface area contributed by atoms with Crippen LogP contribution in [-0.2, 0) is 0 Å². The van der Waals surface area contributed by atoms with Gasteiger partial charge in [-0.2, -0.15) is 0 Å². The van der Waals surface area contributed by atoms with Gasteiger partial charge in [-0.3, -0.25) is 0 Å². The molecule has 0 nitrogen and oxygen atoms in total. The molecule has 0 N–H and O–H groups in total. The van der Waals surface area contributed by atoms with Gasteiger partial charge in [-0.1, -0.05) is 60.1 Å². The van der Waals surface area contributed by atoms with Gasteiger partial charge in [0.15, 0.2) is 0 Å². The fourth-order valence-electron chi connectivity index (χ4n) is 2.76. The van der Waals surface area contributed by atoms with Crippen LogP contribution in [0.4, 0.5) is 0 Å². The molecule has 0 aromatic heterocycles. The molecule has 0 fully saturated rings. The topological polar surface area (TPSA) is 0 Å². The second-order valence-corrected chi connectivity index (χ2v) is 5.23. The van der Waals surface area contributed by atoms with E-state index in [2.05, 4.69) is 54.6 Å². The van der Waals surface area contributed by atoms with Crippen molar-refractivity contribution in [1.82, 2.24) is 0 Å². The van der Waals surface area contributed by atoms with E-state index in [9.17, 15) is 0 Å². The number of fused-ring (bicyclic) bond motifs is 4. The molecule has 0 saturated carbocycles. The summed E-state index contributed by atoms with van der Waals surface area (Å²) in [6.45, 7) is 0. The Hall–Kier alpha value is -1.23. The third-order valence-corrected chi connectivity index (χ3v) is 3.99. The monoisotopic (exact) mass is 383 g/mol. The Labute approximate surface area is 139 Å². The predicted octanol–water partition coefficient (Wildman–Crippen LogP) is 5.42. The van der Waals surface area contributed by atoms with Crippen molar-refractivity contribution in [2.75, 3.05) is 0 Å². The first-order valence-corrected chi connectivity index (χ1v) is 6.70. The molecule has 3 radical (unpaired) electrons. The van der Waals surface area contributed by atoms with Gasteiger partial charge in [0.05, 0.1) is 0 Å². The van der Waals surface area contributed by atoms with E-state index in [0.29, 0.717) is 0 Å². The minimum atomic E-state index is 0. The Morgan fingerprint density at radius 3 is 2.05 bits per heavy atom. The first kappa shape index (κ1) is 13.7. The SMILES string of the molecule is Clc1cccc2ccc3cc4ccccc4cc3c12.[Sb]. The van der Waals surface area contributed by atoms with Gasteiger partial charge < -0.3 is 0 Å². The zero-order valence-corrected chi connectivity index (χ0v) is 14.0. The molecular formula is C18H11ClSb. The Bertz CT molecular complexity index is 928. The fraction of sp³-hybridized carbons (Fsp3) is 0. The van der Waals surface area contributed by atoms with Crippen molar-refractivity contribution in [2.45, 2.75) is 0 Å². The maximum atomic E-state index is 6.39. The van der Waals surface area contributed by atoms with E-state index in [4.69, 9.17) is 11.6 Å². The number of hydrogen-bond acceptors (Lipinski definition) is 0. The standard InChI is InChI=1S/C18H11Cl.Sb/c19-17-7-3-6-12-8-9-15-10-13-4-1-2-5-14(13)11-16(15)18(12)17;/h1-11H;. The molecule has 0 unspecified atom stereocenters. The van der Waals surface area contributed by atoms with Crippen molar-refractivity contribution in [3.05, 3.63) is 71.8 Å². The summed E-state index contributed by atoms with van der Waals surface area (Å²) in [5, 5.41) is 8.13. The van der Waals surface area contributed by atoms with Gasteiger partial charge in [-0.15, -0.1) is 0 Å². The van der Waals surface area contributed by atoms with Crippen molar-refractivity contribution < 1.29 is 0 Å². The van der Waals surface area contributed by atoms with Crippen molar-refractivity contribution in [3.8, 4) is 0 Å². The van der Waals surface area contributed by atoms with Gasteiger partial charge in [0.1, 0.15) is 0 Å². The molecule has 0 saturated heterocycles. The summed E-state index contributed by atoms with van der Waals surface area (Å²) < 4.78 is 0. The van der Waals surface area contributed by atoms with E-state index < -0.39 is 0 Å². The molecule has 4 aromatic rings. The van der Waals surface area contributed by atoms with Crippen LogP contribution in [-0.4, -0.2) is 24.4 Å². The quantitative estimate of drug-likeness (QED) is 0.216. The zero-order chi connectivity index (χ0) is 12.8. The van der Waals surface area contributed by atoms with E-state index in [1.807, 2.05) is 12.1 Å². The van der Waals surface area contributed by atoms with E-state index in [1.165, 1.54) is 26.9 Å². The van der Waals surface area contributed by atoms with Gasteiger partial charge in [0.25, 0.3) is 0 Å². The Morgan fingerprint density at radius 1 is 0.600 bits per heavy atom. The molecule has 0 amide bonds. The fourth-order valence-corrected chi connectivity index (χ4v) is 3.04. The maximum Gasteiger partial charge on any atom is 0.0490 e. The molecule has 4 rings (SSSR count). The summed E-state index contributed by atoms with van der Waals surface area (Å²) in [4.78, 5) is 0. The molecule has 0 atom stereocenters. The Balaban J connectivity index is 0.00000121. The number of hydrogen-bond donors (Lipinski definition) is 0. The van der Waals surface area contributed by atoms with Crippen LogP contribution in [0.3, 0.4) is 0 Å². The second kappa shape index (κ2) is 5.28. The first-order chi connectivity index (χ1) is 9.33. The van der Waals surface area contributed by atoms with Crippen LogP contribution in [0, 0.1) is 0 Å². The molecule has 20 heavy (non-hydrogen) atoms. The summed E-state index contributed by atoms with van der Waals surface area (Å²) in [5.74, 6) is 0. The van der Waals surface area contributed by atoms with Crippen molar-refractivity contribution in [2.24, 2.45) is 0 Å². The second-order valence-electron chi connectivity index (χ2n) is 4.82. The summed E-state index contributed by atoms with van der Waals surface area (Å²) in [7, 11) is 0. The van der Waals surface area contributed by atoms with Gasteiger partial charge in [-0.05, 0) is 45.1 Å². The van der Waals surface area contributed by atoms with E-state index >= 15 is 0 Å². The third kappa shape index (κ3) is 2.08. The molecular weight excluding hydrogens is 373 g/mol. The molecule has 0 aliphatic heterocycles. The van der Waals surface area contributed by atoms with Crippen LogP contribution in [0.5, 0.6) is 0 Å². The summed E-state index contributed by atoms with van der Waals surface area (Å²) in [5.41, 5.74) is 0. The van der Waals surface area contributed by atoms with Crippen LogP contribution < -0.4 is 0 Å². The predicted molar refractivity (Wildman–Crippen MR) is 89.7 cm³/mol. The Kier molecular flexibility index (Phi) is 3.62. The maximum absolute atomic E-state index is 6.39. The van der Waals surface area contributed by atoms with Gasteiger partial charge >= 0.3 is 0 Å². The third-order valence-electron chi connectivity index (χ3n) is 3.68. The largest absolute Gasteiger partial charge is 0.0836 e. The minimum Gasteiger partial charge on any atom is -0.0836 e. The molecule has 2 heteroatoms. The number of halogens is 1. The first-order valence-electron chi connectivity index (χ1n) is 6.33. The van der Waals surface area contributed by atoms with Gasteiger partial charge in [0, 0.05) is 34.8 Å². The van der Waals surface area contributed by atoms with E-state index in [-0.39, 0.29) is 24.4 Å². The van der Waals surface area contributed by atoms with Crippen LogP contribution in [0.2, 0.25) is 5.02 Å². The van der Waals surface area contributed by atoms with E-state index in [1.54, 1.807) is 0 Å². The molecule has 0 aliphatic carbocycles. The summed E-state index contributed by atoms with van der Waals surface area (Å²) in [6.07, 6.45) is 0. The zero-order valence-electron chi connectivity index (χ0n) is 10.7.